The van der Waals surface area contributed by atoms with Crippen LogP contribution in [0.2, 0.25) is 0 Å². The van der Waals surface area contributed by atoms with Crippen molar-refractivity contribution in [2.45, 2.75) is 32.6 Å². The van der Waals surface area contributed by atoms with E-state index in [-0.39, 0.29) is 0 Å². The van der Waals surface area contributed by atoms with E-state index in [2.05, 4.69) is 31.5 Å². The minimum atomic E-state index is 1.04. The van der Waals surface area contributed by atoms with Gasteiger partial charge in [0.05, 0.1) is 0 Å². The van der Waals surface area contributed by atoms with Gasteiger partial charge in [-0.1, -0.05) is 13.3 Å². The van der Waals surface area contributed by atoms with Gasteiger partial charge in [-0.05, 0) is 45.2 Å². The van der Waals surface area contributed by atoms with E-state index in [0.29, 0.717) is 0 Å². The van der Waals surface area contributed by atoms with Crippen molar-refractivity contribution >= 4 is 12.6 Å². The molecule has 0 aromatic heterocycles. The van der Waals surface area contributed by atoms with Gasteiger partial charge >= 0.3 is 0 Å². The van der Waals surface area contributed by atoms with Gasteiger partial charge in [-0.15, -0.1) is 0 Å². The van der Waals surface area contributed by atoms with Crippen LogP contribution < -0.4 is 0 Å². The summed E-state index contributed by atoms with van der Waals surface area (Å²) in [6, 6.07) is 0. The van der Waals surface area contributed by atoms with Gasteiger partial charge in [-0.2, -0.15) is 12.6 Å². The zero-order valence-corrected chi connectivity index (χ0v) is 8.74. The number of nitrogens with zero attached hydrogens (tertiary/aromatic N) is 1. The highest BCUT2D eigenvalue weighted by atomic mass is 32.1. The first-order valence-electron chi connectivity index (χ1n) is 4.60. The first kappa shape index (κ1) is 11.3. The smallest absolute Gasteiger partial charge is 0.00218 e. The van der Waals surface area contributed by atoms with E-state index in [4.69, 9.17) is 0 Å². The van der Waals surface area contributed by atoms with E-state index in [1.165, 1.54) is 38.8 Å². The third-order valence-electron chi connectivity index (χ3n) is 1.80. The van der Waals surface area contributed by atoms with E-state index in [0.717, 1.165) is 5.75 Å². The molecular weight excluding hydrogens is 154 g/mol. The minimum absolute atomic E-state index is 1.04. The van der Waals surface area contributed by atoms with Crippen molar-refractivity contribution in [3.63, 3.8) is 0 Å². The second-order valence-corrected chi connectivity index (χ2v) is 3.53. The van der Waals surface area contributed by atoms with Crippen molar-refractivity contribution < 1.29 is 0 Å². The average molecular weight is 175 g/mol. The molecule has 0 radical (unpaired) electrons. The average Bonchev–Trinajstić information content (AvgIpc) is 1.99. The number of thiol groups is 1. The molecule has 0 spiro atoms. The first-order chi connectivity index (χ1) is 5.31. The maximum atomic E-state index is 4.17. The Morgan fingerprint density at radius 3 is 2.36 bits per heavy atom. The van der Waals surface area contributed by atoms with E-state index >= 15 is 0 Å². The second-order valence-electron chi connectivity index (χ2n) is 3.09. The SMILES string of the molecule is CCCN(C)CCCCCS. The topological polar surface area (TPSA) is 3.24 Å². The molecule has 2 heteroatoms. The zero-order chi connectivity index (χ0) is 8.53. The number of hydrogen-bond acceptors (Lipinski definition) is 2. The van der Waals surface area contributed by atoms with Gasteiger partial charge in [-0.25, -0.2) is 0 Å². The predicted octanol–water partition coefficient (Wildman–Crippen LogP) is 2.43. The van der Waals surface area contributed by atoms with Crippen molar-refractivity contribution in [3.05, 3.63) is 0 Å². The number of hydrogen-bond donors (Lipinski definition) is 1. The maximum Gasteiger partial charge on any atom is -0.00218 e. The van der Waals surface area contributed by atoms with Gasteiger partial charge < -0.3 is 4.90 Å². The fourth-order valence-corrected chi connectivity index (χ4v) is 1.39. The Morgan fingerprint density at radius 2 is 1.82 bits per heavy atom. The van der Waals surface area contributed by atoms with Crippen LogP contribution in [0.3, 0.4) is 0 Å². The highest BCUT2D eigenvalue weighted by molar-refractivity contribution is 7.80. The molecule has 1 nitrogen and oxygen atoms in total. The van der Waals surface area contributed by atoms with Crippen LogP contribution in [0.5, 0.6) is 0 Å². The molecule has 0 saturated heterocycles. The summed E-state index contributed by atoms with van der Waals surface area (Å²) in [6.07, 6.45) is 5.20. The molecule has 0 unspecified atom stereocenters. The molecule has 0 aromatic carbocycles. The monoisotopic (exact) mass is 175 g/mol. The molecular formula is C9H21NS. The van der Waals surface area contributed by atoms with Crippen molar-refractivity contribution in [1.29, 1.82) is 0 Å². The molecule has 0 N–H and O–H groups in total. The Morgan fingerprint density at radius 1 is 1.09 bits per heavy atom. The summed E-state index contributed by atoms with van der Waals surface area (Å²) in [7, 11) is 2.20. The molecule has 0 aromatic rings. The minimum Gasteiger partial charge on any atom is -0.306 e. The molecule has 0 aliphatic carbocycles. The van der Waals surface area contributed by atoms with Gasteiger partial charge in [0, 0.05) is 0 Å². The molecule has 0 aliphatic heterocycles. The van der Waals surface area contributed by atoms with E-state index < -0.39 is 0 Å². The Kier molecular flexibility index (Phi) is 8.64. The first-order valence-corrected chi connectivity index (χ1v) is 5.24. The molecule has 0 rings (SSSR count). The van der Waals surface area contributed by atoms with Crippen LogP contribution in [0.25, 0.3) is 0 Å². The lowest BCUT2D eigenvalue weighted by Crippen LogP contribution is -2.20. The number of unbranched alkanes of at least 4 members (excludes halogenated alkanes) is 2. The molecule has 0 heterocycles. The molecule has 0 bridgehead atoms. The van der Waals surface area contributed by atoms with Crippen LogP contribution in [-0.4, -0.2) is 30.8 Å². The van der Waals surface area contributed by atoms with Gasteiger partial charge in [0.15, 0.2) is 0 Å². The van der Waals surface area contributed by atoms with E-state index in [1.54, 1.807) is 0 Å². The van der Waals surface area contributed by atoms with Gasteiger partial charge in [0.25, 0.3) is 0 Å². The van der Waals surface area contributed by atoms with E-state index in [1.807, 2.05) is 0 Å². The molecule has 0 amide bonds. The summed E-state index contributed by atoms with van der Waals surface area (Å²) >= 11 is 4.17. The van der Waals surface area contributed by atoms with Gasteiger partial charge in [0.2, 0.25) is 0 Å². The van der Waals surface area contributed by atoms with Crippen LogP contribution >= 0.6 is 12.6 Å². The quantitative estimate of drug-likeness (QED) is 0.459. The van der Waals surface area contributed by atoms with Crippen LogP contribution in [-0.2, 0) is 0 Å². The highest BCUT2D eigenvalue weighted by Gasteiger charge is 1.94. The summed E-state index contributed by atoms with van der Waals surface area (Å²) in [4.78, 5) is 2.40. The summed E-state index contributed by atoms with van der Waals surface area (Å²) in [5.41, 5.74) is 0. The fraction of sp³-hybridized carbons (Fsp3) is 1.00. The highest BCUT2D eigenvalue weighted by Crippen LogP contribution is 1.98. The zero-order valence-electron chi connectivity index (χ0n) is 7.84. The Labute approximate surface area is 76.6 Å². The lowest BCUT2D eigenvalue weighted by atomic mass is 10.2. The maximum absolute atomic E-state index is 4.17. The summed E-state index contributed by atoms with van der Waals surface area (Å²) in [5.74, 6) is 1.04. The Bertz CT molecular complexity index is 76.0. The summed E-state index contributed by atoms with van der Waals surface area (Å²) in [6.45, 7) is 4.71. The molecule has 11 heavy (non-hydrogen) atoms. The third-order valence-corrected chi connectivity index (χ3v) is 2.12. The molecule has 0 atom stereocenters. The number of rotatable bonds is 7. The summed E-state index contributed by atoms with van der Waals surface area (Å²) < 4.78 is 0. The molecule has 68 valence electrons. The predicted molar refractivity (Wildman–Crippen MR) is 55.5 cm³/mol. The Balaban J connectivity index is 2.97. The molecule has 0 fully saturated rings. The van der Waals surface area contributed by atoms with Crippen LogP contribution in [0.15, 0.2) is 0 Å². The normalized spacial score (nSPS) is 10.9. The molecule has 0 aliphatic rings. The third kappa shape index (κ3) is 8.21. The van der Waals surface area contributed by atoms with Crippen molar-refractivity contribution in [2.24, 2.45) is 0 Å². The standard InChI is InChI=1S/C9H21NS/c1-3-7-10(2)8-5-4-6-9-11/h11H,3-9H2,1-2H3. The lowest BCUT2D eigenvalue weighted by Gasteiger charge is -2.14. The molecule has 0 saturated carbocycles. The van der Waals surface area contributed by atoms with Gasteiger partial charge in [-0.3, -0.25) is 0 Å². The van der Waals surface area contributed by atoms with Crippen LogP contribution in [0, 0.1) is 0 Å². The summed E-state index contributed by atoms with van der Waals surface area (Å²) in [5, 5.41) is 0. The Hall–Kier alpha value is 0.310. The van der Waals surface area contributed by atoms with Gasteiger partial charge in [0.1, 0.15) is 0 Å². The van der Waals surface area contributed by atoms with Crippen molar-refractivity contribution in [2.75, 3.05) is 25.9 Å². The largest absolute Gasteiger partial charge is 0.306 e. The van der Waals surface area contributed by atoms with Crippen molar-refractivity contribution in [3.8, 4) is 0 Å². The van der Waals surface area contributed by atoms with E-state index in [9.17, 15) is 0 Å². The van der Waals surface area contributed by atoms with Crippen LogP contribution in [0.1, 0.15) is 32.6 Å². The van der Waals surface area contributed by atoms with Crippen LogP contribution in [0.4, 0.5) is 0 Å². The second kappa shape index (κ2) is 8.41. The lowest BCUT2D eigenvalue weighted by molar-refractivity contribution is 0.326. The fourth-order valence-electron chi connectivity index (χ4n) is 1.16. The van der Waals surface area contributed by atoms with Crippen molar-refractivity contribution in [1.82, 2.24) is 4.90 Å².